The zero-order valence-electron chi connectivity index (χ0n) is 15.6. The number of rotatable bonds is 4. The molecule has 0 heterocycles. The van der Waals surface area contributed by atoms with Crippen LogP contribution >= 0.6 is 0 Å². The Bertz CT molecular complexity index is 1110. The van der Waals surface area contributed by atoms with Gasteiger partial charge in [-0.25, -0.2) is 0 Å². The van der Waals surface area contributed by atoms with E-state index in [9.17, 15) is 0 Å². The van der Waals surface area contributed by atoms with Crippen molar-refractivity contribution in [2.75, 3.05) is 5.32 Å². The molecule has 0 aliphatic carbocycles. The van der Waals surface area contributed by atoms with Crippen LogP contribution in [0.3, 0.4) is 0 Å². The summed E-state index contributed by atoms with van der Waals surface area (Å²) < 4.78 is 0. The third-order valence-corrected chi connectivity index (χ3v) is 4.76. The number of para-hydroxylation sites is 2. The van der Waals surface area contributed by atoms with Crippen LogP contribution in [-0.4, -0.2) is 6.21 Å². The van der Waals surface area contributed by atoms with Crippen molar-refractivity contribution in [1.29, 1.82) is 0 Å². The fourth-order valence-electron chi connectivity index (χ4n) is 3.29. The highest BCUT2D eigenvalue weighted by Gasteiger charge is 2.03. The van der Waals surface area contributed by atoms with Crippen molar-refractivity contribution in [2.45, 2.75) is 13.8 Å². The lowest BCUT2D eigenvalue weighted by atomic mass is 10.1. The Labute approximate surface area is 160 Å². The van der Waals surface area contributed by atoms with Gasteiger partial charge in [0.15, 0.2) is 0 Å². The first-order valence-corrected chi connectivity index (χ1v) is 9.16. The summed E-state index contributed by atoms with van der Waals surface area (Å²) in [5.74, 6) is 0. The van der Waals surface area contributed by atoms with E-state index in [0.29, 0.717) is 0 Å². The third-order valence-electron chi connectivity index (χ3n) is 4.76. The molecule has 0 bridgehead atoms. The Morgan fingerprint density at radius 3 is 2.22 bits per heavy atom. The van der Waals surface area contributed by atoms with Crippen molar-refractivity contribution in [3.63, 3.8) is 0 Å². The number of aryl methyl sites for hydroxylation is 2. The summed E-state index contributed by atoms with van der Waals surface area (Å²) in [7, 11) is 0. The van der Waals surface area contributed by atoms with Crippen molar-refractivity contribution in [2.24, 2.45) is 4.99 Å². The van der Waals surface area contributed by atoms with Gasteiger partial charge in [0.2, 0.25) is 0 Å². The molecule has 0 aliphatic rings. The number of fused-ring (bicyclic) bond motifs is 1. The van der Waals surface area contributed by atoms with Gasteiger partial charge in [-0.15, -0.1) is 0 Å². The molecular formula is C25H22N2. The van der Waals surface area contributed by atoms with E-state index in [4.69, 9.17) is 4.99 Å². The van der Waals surface area contributed by atoms with Crippen molar-refractivity contribution in [3.05, 3.63) is 102 Å². The zero-order chi connectivity index (χ0) is 18.6. The van der Waals surface area contributed by atoms with E-state index in [1.807, 2.05) is 18.3 Å². The minimum atomic E-state index is 1.04. The van der Waals surface area contributed by atoms with Gasteiger partial charge in [-0.1, -0.05) is 66.7 Å². The second-order valence-corrected chi connectivity index (χ2v) is 6.77. The summed E-state index contributed by atoms with van der Waals surface area (Å²) in [6, 6.07) is 29.3. The second-order valence-electron chi connectivity index (χ2n) is 6.77. The van der Waals surface area contributed by atoms with Crippen LogP contribution in [0.2, 0.25) is 0 Å². The molecule has 0 spiro atoms. The van der Waals surface area contributed by atoms with Crippen molar-refractivity contribution >= 4 is 34.0 Å². The number of hydrogen-bond acceptors (Lipinski definition) is 2. The lowest BCUT2D eigenvalue weighted by Gasteiger charge is -2.11. The molecule has 0 fully saturated rings. The van der Waals surface area contributed by atoms with Gasteiger partial charge in [0.1, 0.15) is 0 Å². The molecule has 0 saturated carbocycles. The Kier molecular flexibility index (Phi) is 4.71. The predicted molar refractivity (Wildman–Crippen MR) is 117 cm³/mol. The van der Waals surface area contributed by atoms with E-state index in [1.54, 1.807) is 0 Å². The van der Waals surface area contributed by atoms with Crippen LogP contribution in [0, 0.1) is 13.8 Å². The predicted octanol–water partition coefficient (Wildman–Crippen LogP) is 6.95. The van der Waals surface area contributed by atoms with Crippen molar-refractivity contribution in [1.82, 2.24) is 0 Å². The van der Waals surface area contributed by atoms with E-state index < -0.39 is 0 Å². The molecule has 132 valence electrons. The molecule has 0 aromatic heterocycles. The van der Waals surface area contributed by atoms with Crippen molar-refractivity contribution in [3.8, 4) is 0 Å². The van der Waals surface area contributed by atoms with Crippen LogP contribution in [-0.2, 0) is 0 Å². The Hall–Kier alpha value is -3.39. The fraction of sp³-hybridized carbons (Fsp3) is 0.0800. The third kappa shape index (κ3) is 3.75. The number of aliphatic imine (C=N–C) groups is 1. The van der Waals surface area contributed by atoms with Crippen LogP contribution < -0.4 is 5.32 Å². The SMILES string of the molecule is Cc1cccc(C)c1N=Cc1ccccc1Nc1ccc2ccccc2c1. The first kappa shape index (κ1) is 17.0. The normalized spacial score (nSPS) is 11.2. The summed E-state index contributed by atoms with van der Waals surface area (Å²) >= 11 is 0. The number of nitrogens with one attached hydrogen (secondary N) is 1. The van der Waals surface area contributed by atoms with E-state index >= 15 is 0 Å². The lowest BCUT2D eigenvalue weighted by molar-refractivity contribution is 1.33. The molecule has 0 saturated heterocycles. The summed E-state index contributed by atoms with van der Waals surface area (Å²) in [5.41, 5.74) is 6.59. The lowest BCUT2D eigenvalue weighted by Crippen LogP contribution is -1.95. The smallest absolute Gasteiger partial charge is 0.0688 e. The maximum Gasteiger partial charge on any atom is 0.0688 e. The maximum atomic E-state index is 4.76. The van der Waals surface area contributed by atoms with Gasteiger partial charge in [-0.2, -0.15) is 0 Å². The minimum absolute atomic E-state index is 1.04. The Balaban J connectivity index is 1.65. The van der Waals surface area contributed by atoms with Crippen LogP contribution in [0.15, 0.2) is 89.9 Å². The number of anilines is 2. The molecule has 4 aromatic rings. The molecule has 0 amide bonds. The van der Waals surface area contributed by atoms with Gasteiger partial charge in [0.05, 0.1) is 5.69 Å². The van der Waals surface area contributed by atoms with Gasteiger partial charge >= 0.3 is 0 Å². The Morgan fingerprint density at radius 2 is 1.41 bits per heavy atom. The highest BCUT2D eigenvalue weighted by Crippen LogP contribution is 2.26. The number of benzene rings is 4. The highest BCUT2D eigenvalue weighted by atomic mass is 14.9. The van der Waals surface area contributed by atoms with E-state index in [0.717, 1.165) is 22.6 Å². The molecule has 0 atom stereocenters. The standard InChI is InChI=1S/C25H22N2/c1-18-8-7-9-19(2)25(18)26-17-22-12-5-6-13-24(22)27-23-15-14-20-10-3-4-11-21(20)16-23/h3-17,27H,1-2H3. The van der Waals surface area contributed by atoms with Gasteiger partial charge in [0, 0.05) is 23.2 Å². The summed E-state index contributed by atoms with van der Waals surface area (Å²) in [6.07, 6.45) is 1.94. The highest BCUT2D eigenvalue weighted by molar-refractivity contribution is 5.92. The first-order chi connectivity index (χ1) is 13.2. The molecule has 4 aromatic carbocycles. The average Bonchev–Trinajstić information content (AvgIpc) is 2.69. The number of nitrogens with zero attached hydrogens (tertiary/aromatic N) is 1. The van der Waals surface area contributed by atoms with Crippen LogP contribution in [0.4, 0.5) is 17.1 Å². The molecule has 27 heavy (non-hydrogen) atoms. The van der Waals surface area contributed by atoms with Gasteiger partial charge in [-0.05, 0) is 53.9 Å². The van der Waals surface area contributed by atoms with Crippen molar-refractivity contribution < 1.29 is 0 Å². The number of hydrogen-bond donors (Lipinski definition) is 1. The largest absolute Gasteiger partial charge is 0.355 e. The molecular weight excluding hydrogens is 328 g/mol. The molecule has 0 radical (unpaired) electrons. The van der Waals surface area contributed by atoms with Crippen LogP contribution in [0.1, 0.15) is 16.7 Å². The zero-order valence-corrected chi connectivity index (χ0v) is 15.6. The first-order valence-electron chi connectivity index (χ1n) is 9.16. The fourth-order valence-corrected chi connectivity index (χ4v) is 3.29. The summed E-state index contributed by atoms with van der Waals surface area (Å²) in [5, 5.41) is 6.01. The monoisotopic (exact) mass is 350 g/mol. The minimum Gasteiger partial charge on any atom is -0.355 e. The van der Waals surface area contributed by atoms with Gasteiger partial charge in [0.25, 0.3) is 0 Å². The molecule has 1 N–H and O–H groups in total. The van der Waals surface area contributed by atoms with E-state index in [1.165, 1.54) is 21.9 Å². The molecule has 4 rings (SSSR count). The quantitative estimate of drug-likeness (QED) is 0.396. The Morgan fingerprint density at radius 1 is 0.704 bits per heavy atom. The van der Waals surface area contributed by atoms with E-state index in [2.05, 4.69) is 92.0 Å². The summed E-state index contributed by atoms with van der Waals surface area (Å²) in [6.45, 7) is 4.19. The average molecular weight is 350 g/mol. The van der Waals surface area contributed by atoms with Gasteiger partial charge < -0.3 is 5.32 Å². The van der Waals surface area contributed by atoms with Crippen LogP contribution in [0.25, 0.3) is 10.8 Å². The molecule has 2 heteroatoms. The van der Waals surface area contributed by atoms with E-state index in [-0.39, 0.29) is 0 Å². The topological polar surface area (TPSA) is 24.4 Å². The van der Waals surface area contributed by atoms with Crippen LogP contribution in [0.5, 0.6) is 0 Å². The van der Waals surface area contributed by atoms with Gasteiger partial charge in [-0.3, -0.25) is 4.99 Å². The molecule has 2 nitrogen and oxygen atoms in total. The maximum absolute atomic E-state index is 4.76. The summed E-state index contributed by atoms with van der Waals surface area (Å²) in [4.78, 5) is 4.76. The molecule has 0 aliphatic heterocycles. The second kappa shape index (κ2) is 7.46. The molecule has 0 unspecified atom stereocenters.